The second kappa shape index (κ2) is 6.01. The Bertz CT molecular complexity index is 913. The zero-order valence-corrected chi connectivity index (χ0v) is 14.7. The number of piperazine rings is 1. The van der Waals surface area contributed by atoms with Gasteiger partial charge < -0.3 is 14.0 Å². The number of nitrogens with zero attached hydrogens (tertiary/aromatic N) is 2. The van der Waals surface area contributed by atoms with Crippen LogP contribution in [0.4, 0.5) is 5.69 Å². The molecule has 132 valence electrons. The Kier molecular flexibility index (Phi) is 3.94. The molecule has 25 heavy (non-hydrogen) atoms. The molecule has 1 N–H and O–H groups in total. The summed E-state index contributed by atoms with van der Waals surface area (Å²) in [5.41, 5.74) is 4.63. The maximum Gasteiger partial charge on any atom is 0.446 e. The van der Waals surface area contributed by atoms with Crippen LogP contribution < -0.4 is 9.08 Å². The van der Waals surface area contributed by atoms with Crippen LogP contribution in [0.1, 0.15) is 22.7 Å². The summed E-state index contributed by atoms with van der Waals surface area (Å²) < 4.78 is 35.6. The van der Waals surface area contributed by atoms with Gasteiger partial charge in [-0.15, -0.1) is 0 Å². The van der Waals surface area contributed by atoms with Crippen LogP contribution in [0.5, 0.6) is 5.75 Å². The number of likely N-dealkylation sites (N-methyl/N-ethyl adjacent to an activating group) is 1. The van der Waals surface area contributed by atoms with Crippen LogP contribution in [0.25, 0.3) is 0 Å². The van der Waals surface area contributed by atoms with Crippen LogP contribution in [0, 0.1) is 0 Å². The van der Waals surface area contributed by atoms with Crippen molar-refractivity contribution in [3.8, 4) is 5.75 Å². The van der Waals surface area contributed by atoms with Crippen LogP contribution >= 0.6 is 0 Å². The third-order valence-electron chi connectivity index (χ3n) is 4.94. The molecule has 0 radical (unpaired) electrons. The minimum absolute atomic E-state index is 0.131. The summed E-state index contributed by atoms with van der Waals surface area (Å²) in [6.07, 6.45) is 0.699. The average molecular weight is 360 g/mol. The van der Waals surface area contributed by atoms with Gasteiger partial charge in [0, 0.05) is 25.3 Å². The molecule has 0 spiro atoms. The Labute approximate surface area is 147 Å². The molecule has 4 rings (SSSR count). The maximum atomic E-state index is 11.0. The molecule has 1 atom stereocenters. The molecule has 6 nitrogen and oxygen atoms in total. The number of fused-ring (bicyclic) bond motifs is 5. The van der Waals surface area contributed by atoms with Gasteiger partial charge >= 0.3 is 10.4 Å². The van der Waals surface area contributed by atoms with Crippen molar-refractivity contribution >= 4 is 16.1 Å². The van der Waals surface area contributed by atoms with Gasteiger partial charge in [-0.2, -0.15) is 8.42 Å². The van der Waals surface area contributed by atoms with E-state index < -0.39 is 10.4 Å². The van der Waals surface area contributed by atoms with Crippen LogP contribution in [0.3, 0.4) is 0 Å². The molecule has 1 fully saturated rings. The number of benzene rings is 2. The van der Waals surface area contributed by atoms with E-state index in [-0.39, 0.29) is 11.8 Å². The van der Waals surface area contributed by atoms with Gasteiger partial charge in [0.2, 0.25) is 0 Å². The van der Waals surface area contributed by atoms with Crippen molar-refractivity contribution in [2.24, 2.45) is 0 Å². The lowest BCUT2D eigenvalue weighted by Crippen LogP contribution is -2.46. The minimum Gasteiger partial charge on any atom is -0.362 e. The van der Waals surface area contributed by atoms with Crippen LogP contribution in [0.2, 0.25) is 0 Å². The zero-order chi connectivity index (χ0) is 17.6. The highest BCUT2D eigenvalue weighted by atomic mass is 32.3. The number of hydrogen-bond acceptors (Lipinski definition) is 5. The van der Waals surface area contributed by atoms with Crippen molar-refractivity contribution in [2.45, 2.75) is 12.5 Å². The van der Waals surface area contributed by atoms with Crippen LogP contribution in [0.15, 0.2) is 42.5 Å². The summed E-state index contributed by atoms with van der Waals surface area (Å²) in [4.78, 5) is 4.72. The highest BCUT2D eigenvalue weighted by Gasteiger charge is 2.32. The first kappa shape index (κ1) is 16.4. The fourth-order valence-corrected chi connectivity index (χ4v) is 4.20. The van der Waals surface area contributed by atoms with Crippen molar-refractivity contribution in [3.05, 3.63) is 59.2 Å². The monoisotopic (exact) mass is 360 g/mol. The predicted octanol–water partition coefficient (Wildman–Crippen LogP) is 2.27. The van der Waals surface area contributed by atoms with Gasteiger partial charge in [0.25, 0.3) is 0 Å². The average Bonchev–Trinajstić information content (AvgIpc) is 2.67. The van der Waals surface area contributed by atoms with E-state index in [0.29, 0.717) is 6.42 Å². The summed E-state index contributed by atoms with van der Waals surface area (Å²) in [5, 5.41) is 0. The summed E-state index contributed by atoms with van der Waals surface area (Å²) in [6, 6.07) is 13.8. The topological polar surface area (TPSA) is 70.1 Å². The molecule has 2 aromatic rings. The predicted molar refractivity (Wildman–Crippen MR) is 95.5 cm³/mol. The van der Waals surface area contributed by atoms with Gasteiger partial charge in [-0.05, 0) is 48.4 Å². The van der Waals surface area contributed by atoms with Crippen molar-refractivity contribution in [1.29, 1.82) is 0 Å². The highest BCUT2D eigenvalue weighted by Crippen LogP contribution is 2.40. The van der Waals surface area contributed by atoms with Gasteiger partial charge in [-0.3, -0.25) is 4.55 Å². The van der Waals surface area contributed by atoms with Crippen molar-refractivity contribution in [3.63, 3.8) is 0 Å². The lowest BCUT2D eigenvalue weighted by Gasteiger charge is -2.41. The largest absolute Gasteiger partial charge is 0.446 e. The third-order valence-corrected chi connectivity index (χ3v) is 5.34. The summed E-state index contributed by atoms with van der Waals surface area (Å²) >= 11 is 0. The number of rotatable bonds is 2. The molecule has 2 aliphatic heterocycles. The first-order chi connectivity index (χ1) is 11.9. The molecule has 0 unspecified atom stereocenters. The normalized spacial score (nSPS) is 20.2. The molecule has 0 aromatic heterocycles. The Balaban J connectivity index is 1.82. The minimum atomic E-state index is -4.52. The Hall–Kier alpha value is -2.09. The molecular formula is C18H20N2O4S. The highest BCUT2D eigenvalue weighted by molar-refractivity contribution is 7.81. The number of hydrogen-bond donors (Lipinski definition) is 1. The molecule has 0 aliphatic carbocycles. The van der Waals surface area contributed by atoms with E-state index in [0.717, 1.165) is 30.9 Å². The fourth-order valence-electron chi connectivity index (χ4n) is 3.86. The van der Waals surface area contributed by atoms with E-state index in [9.17, 15) is 8.42 Å². The molecule has 0 saturated carbocycles. The lowest BCUT2D eigenvalue weighted by molar-refractivity contribution is 0.269. The molecule has 0 amide bonds. The summed E-state index contributed by atoms with van der Waals surface area (Å²) in [7, 11) is -2.39. The second-order valence-corrected chi connectivity index (χ2v) is 7.67. The standard InChI is InChI=1S/C18H20N2O4S/c1-19-8-9-20-17-7-6-15(24-25(21,22)23)11-14(17)10-13-4-2-3-5-16(13)18(20)12-19/h2-7,11,18H,8-10,12H2,1H3,(H,21,22,23)/t18-/m0/s1. The van der Waals surface area contributed by atoms with Crippen molar-refractivity contribution in [2.75, 3.05) is 31.6 Å². The van der Waals surface area contributed by atoms with Gasteiger partial charge in [-0.1, -0.05) is 24.3 Å². The van der Waals surface area contributed by atoms with Crippen molar-refractivity contribution < 1.29 is 17.2 Å². The van der Waals surface area contributed by atoms with E-state index in [2.05, 4.69) is 39.2 Å². The molecular weight excluding hydrogens is 340 g/mol. The fraction of sp³-hybridized carbons (Fsp3) is 0.333. The third kappa shape index (κ3) is 3.22. The Morgan fingerprint density at radius 1 is 1.12 bits per heavy atom. The Morgan fingerprint density at radius 2 is 1.92 bits per heavy atom. The van der Waals surface area contributed by atoms with Crippen LogP contribution in [-0.2, 0) is 16.8 Å². The van der Waals surface area contributed by atoms with E-state index in [1.54, 1.807) is 12.1 Å². The van der Waals surface area contributed by atoms with E-state index in [1.165, 1.54) is 11.1 Å². The van der Waals surface area contributed by atoms with Gasteiger partial charge in [-0.25, -0.2) is 0 Å². The van der Waals surface area contributed by atoms with Gasteiger partial charge in [0.05, 0.1) is 6.04 Å². The quantitative estimate of drug-likeness (QED) is 0.829. The van der Waals surface area contributed by atoms with Crippen LogP contribution in [-0.4, -0.2) is 44.6 Å². The van der Waals surface area contributed by atoms with E-state index in [1.807, 2.05) is 12.1 Å². The summed E-state index contributed by atoms with van der Waals surface area (Å²) in [5.74, 6) is 0.131. The van der Waals surface area contributed by atoms with Gasteiger partial charge in [0.15, 0.2) is 0 Å². The SMILES string of the molecule is CN1CCN2c3ccc(OS(=O)(=O)O)cc3Cc3ccccc3[C@@H]2C1. The van der Waals surface area contributed by atoms with E-state index in [4.69, 9.17) is 4.55 Å². The smallest absolute Gasteiger partial charge is 0.362 e. The van der Waals surface area contributed by atoms with Gasteiger partial charge in [0.1, 0.15) is 5.75 Å². The van der Waals surface area contributed by atoms with Crippen molar-refractivity contribution in [1.82, 2.24) is 4.90 Å². The molecule has 2 heterocycles. The second-order valence-electron chi connectivity index (χ2n) is 6.65. The molecule has 0 bridgehead atoms. The Morgan fingerprint density at radius 3 is 2.72 bits per heavy atom. The lowest BCUT2D eigenvalue weighted by atomic mass is 9.96. The first-order valence-corrected chi connectivity index (χ1v) is 9.60. The first-order valence-electron chi connectivity index (χ1n) is 8.23. The molecule has 2 aromatic carbocycles. The molecule has 1 saturated heterocycles. The maximum absolute atomic E-state index is 11.0. The van der Waals surface area contributed by atoms with E-state index >= 15 is 0 Å². The summed E-state index contributed by atoms with van der Waals surface area (Å²) in [6.45, 7) is 2.82. The molecule has 7 heteroatoms. The zero-order valence-electron chi connectivity index (χ0n) is 13.9. The number of anilines is 1. The molecule has 2 aliphatic rings.